The van der Waals surface area contributed by atoms with Gasteiger partial charge < -0.3 is 10.3 Å². The predicted octanol–water partition coefficient (Wildman–Crippen LogP) is 2.24. The van der Waals surface area contributed by atoms with Gasteiger partial charge in [0.05, 0.1) is 5.52 Å². The Balaban J connectivity index is 1.88. The van der Waals surface area contributed by atoms with Crippen LogP contribution in [0.2, 0.25) is 0 Å². The lowest BCUT2D eigenvalue weighted by Gasteiger charge is -2.06. The first kappa shape index (κ1) is 12.0. The Morgan fingerprint density at radius 1 is 1.32 bits per heavy atom. The molecule has 0 fully saturated rings. The molecule has 0 radical (unpaired) electrons. The first-order valence-corrected chi connectivity index (χ1v) is 6.83. The van der Waals surface area contributed by atoms with E-state index in [0.717, 1.165) is 27.4 Å². The predicted molar refractivity (Wildman–Crippen MR) is 76.7 cm³/mol. The maximum absolute atomic E-state index is 6.00. The van der Waals surface area contributed by atoms with Gasteiger partial charge >= 0.3 is 0 Å². The average molecular weight is 271 g/mol. The molecule has 0 atom stereocenters. The van der Waals surface area contributed by atoms with Crippen LogP contribution >= 0.6 is 11.8 Å². The van der Waals surface area contributed by atoms with E-state index in [0.29, 0.717) is 5.82 Å². The van der Waals surface area contributed by atoms with Crippen LogP contribution < -0.4 is 5.73 Å². The lowest BCUT2D eigenvalue weighted by molar-refractivity contribution is 0.788. The molecule has 19 heavy (non-hydrogen) atoms. The molecule has 96 valence electrons. The van der Waals surface area contributed by atoms with Crippen LogP contribution in [0.3, 0.4) is 0 Å². The summed E-state index contributed by atoms with van der Waals surface area (Å²) in [6.45, 7) is 0. The number of para-hydroxylation sites is 1. The highest BCUT2D eigenvalue weighted by Gasteiger charge is 2.07. The Kier molecular flexibility index (Phi) is 3.08. The zero-order valence-electron chi connectivity index (χ0n) is 10.4. The van der Waals surface area contributed by atoms with Gasteiger partial charge in [-0.15, -0.1) is 10.2 Å². The number of hydrogen-bond donors (Lipinski definition) is 1. The van der Waals surface area contributed by atoms with Crippen LogP contribution in [0.4, 0.5) is 5.82 Å². The number of aryl methyl sites for hydroxylation is 1. The van der Waals surface area contributed by atoms with Crippen molar-refractivity contribution in [2.24, 2.45) is 7.05 Å². The minimum atomic E-state index is 0.577. The van der Waals surface area contributed by atoms with Crippen molar-refractivity contribution in [3.8, 4) is 0 Å². The van der Waals surface area contributed by atoms with Gasteiger partial charge in [0.2, 0.25) is 0 Å². The van der Waals surface area contributed by atoms with Gasteiger partial charge in [-0.3, -0.25) is 0 Å². The van der Waals surface area contributed by atoms with Crippen molar-refractivity contribution in [1.82, 2.24) is 19.7 Å². The van der Waals surface area contributed by atoms with Crippen molar-refractivity contribution < 1.29 is 0 Å². The summed E-state index contributed by atoms with van der Waals surface area (Å²) in [7, 11) is 1.92. The van der Waals surface area contributed by atoms with Gasteiger partial charge in [-0.2, -0.15) is 0 Å². The summed E-state index contributed by atoms with van der Waals surface area (Å²) in [5, 5.41) is 9.86. The first-order valence-electron chi connectivity index (χ1n) is 5.85. The summed E-state index contributed by atoms with van der Waals surface area (Å²) in [4.78, 5) is 4.42. The number of nitrogen functional groups attached to an aromatic ring is 1. The molecule has 2 aromatic heterocycles. The molecule has 0 spiro atoms. The Bertz CT molecular complexity index is 722. The molecule has 3 aromatic rings. The van der Waals surface area contributed by atoms with Gasteiger partial charge in [0.15, 0.2) is 5.16 Å². The largest absolute Gasteiger partial charge is 0.383 e. The van der Waals surface area contributed by atoms with Crippen LogP contribution in [-0.4, -0.2) is 19.7 Å². The van der Waals surface area contributed by atoms with Gasteiger partial charge in [0.25, 0.3) is 0 Å². The van der Waals surface area contributed by atoms with E-state index in [1.54, 1.807) is 18.1 Å². The van der Waals surface area contributed by atoms with E-state index in [4.69, 9.17) is 5.73 Å². The minimum Gasteiger partial charge on any atom is -0.383 e. The molecule has 2 heterocycles. The van der Waals surface area contributed by atoms with Gasteiger partial charge in [0, 0.05) is 23.8 Å². The minimum absolute atomic E-state index is 0.577. The third-order valence-corrected chi connectivity index (χ3v) is 3.95. The van der Waals surface area contributed by atoms with Crippen LogP contribution in [0, 0.1) is 0 Å². The molecule has 0 saturated carbocycles. The number of thioether (sulfide) groups is 1. The van der Waals surface area contributed by atoms with E-state index in [1.807, 2.05) is 35.9 Å². The number of fused-ring (bicyclic) bond motifs is 1. The van der Waals surface area contributed by atoms with E-state index in [1.165, 1.54) is 0 Å². The van der Waals surface area contributed by atoms with Crippen molar-refractivity contribution in [3.05, 3.63) is 42.2 Å². The molecule has 2 N–H and O–H groups in total. The molecule has 3 rings (SSSR count). The smallest absolute Gasteiger partial charge is 0.191 e. The van der Waals surface area contributed by atoms with E-state index in [2.05, 4.69) is 21.2 Å². The summed E-state index contributed by atoms with van der Waals surface area (Å²) in [6.07, 6.45) is 1.68. The van der Waals surface area contributed by atoms with Crippen molar-refractivity contribution in [1.29, 1.82) is 0 Å². The summed E-state index contributed by atoms with van der Waals surface area (Å²) in [6, 6.07) is 10.0. The van der Waals surface area contributed by atoms with Crippen LogP contribution in [0.25, 0.3) is 10.9 Å². The van der Waals surface area contributed by atoms with Crippen molar-refractivity contribution in [2.45, 2.75) is 10.9 Å². The number of anilines is 1. The zero-order chi connectivity index (χ0) is 13.2. The third kappa shape index (κ3) is 2.39. The number of benzene rings is 1. The molecule has 6 heteroatoms. The quantitative estimate of drug-likeness (QED) is 0.740. The second-order valence-electron chi connectivity index (χ2n) is 4.24. The number of nitrogens with zero attached hydrogens (tertiary/aromatic N) is 4. The molecule has 0 bridgehead atoms. The molecule has 0 unspecified atom stereocenters. The SMILES string of the molecule is Cn1cnnc1SCc1cc2ccccc2nc1N. The van der Waals surface area contributed by atoms with Crippen LogP contribution in [-0.2, 0) is 12.8 Å². The number of aromatic nitrogens is 4. The Morgan fingerprint density at radius 2 is 2.16 bits per heavy atom. The monoisotopic (exact) mass is 271 g/mol. The summed E-state index contributed by atoms with van der Waals surface area (Å²) < 4.78 is 1.88. The second kappa shape index (κ2) is 4.89. The maximum atomic E-state index is 6.00. The zero-order valence-corrected chi connectivity index (χ0v) is 11.3. The number of nitrogens with two attached hydrogens (primary N) is 1. The number of pyridine rings is 1. The van der Waals surface area contributed by atoms with Gasteiger partial charge in [-0.25, -0.2) is 4.98 Å². The van der Waals surface area contributed by atoms with Crippen molar-refractivity contribution in [3.63, 3.8) is 0 Å². The fraction of sp³-hybridized carbons (Fsp3) is 0.154. The normalized spacial score (nSPS) is 11.0. The molecule has 0 amide bonds. The first-order chi connectivity index (χ1) is 9.24. The van der Waals surface area contributed by atoms with Crippen LogP contribution in [0.15, 0.2) is 41.8 Å². The summed E-state index contributed by atoms with van der Waals surface area (Å²) in [5.41, 5.74) is 7.94. The molecule has 1 aromatic carbocycles. The van der Waals surface area contributed by atoms with Gasteiger partial charge in [0.1, 0.15) is 12.1 Å². The van der Waals surface area contributed by atoms with Crippen LogP contribution in [0.5, 0.6) is 0 Å². The standard InChI is InChI=1S/C13H13N5S/c1-18-8-15-17-13(18)19-7-10-6-9-4-2-3-5-11(9)16-12(10)14/h2-6,8H,7H2,1H3,(H2,14,16). The highest BCUT2D eigenvalue weighted by Crippen LogP contribution is 2.25. The lowest BCUT2D eigenvalue weighted by Crippen LogP contribution is -1.98. The summed E-state index contributed by atoms with van der Waals surface area (Å²) in [5.74, 6) is 1.31. The molecule has 5 nitrogen and oxygen atoms in total. The highest BCUT2D eigenvalue weighted by atomic mass is 32.2. The molecule has 0 aliphatic heterocycles. The maximum Gasteiger partial charge on any atom is 0.191 e. The van der Waals surface area contributed by atoms with E-state index in [-0.39, 0.29) is 0 Å². The third-order valence-electron chi connectivity index (χ3n) is 2.86. The Morgan fingerprint density at radius 3 is 2.95 bits per heavy atom. The van der Waals surface area contributed by atoms with E-state index in [9.17, 15) is 0 Å². The average Bonchev–Trinajstić information content (AvgIpc) is 2.82. The van der Waals surface area contributed by atoms with Gasteiger partial charge in [-0.05, 0) is 12.1 Å². The second-order valence-corrected chi connectivity index (χ2v) is 5.18. The molecule has 0 saturated heterocycles. The van der Waals surface area contributed by atoms with Crippen molar-refractivity contribution >= 4 is 28.5 Å². The van der Waals surface area contributed by atoms with E-state index < -0.39 is 0 Å². The lowest BCUT2D eigenvalue weighted by atomic mass is 10.1. The molecule has 0 aliphatic carbocycles. The van der Waals surface area contributed by atoms with Gasteiger partial charge in [-0.1, -0.05) is 30.0 Å². The highest BCUT2D eigenvalue weighted by molar-refractivity contribution is 7.98. The number of hydrogen-bond acceptors (Lipinski definition) is 5. The Labute approximate surface area is 114 Å². The van der Waals surface area contributed by atoms with E-state index >= 15 is 0 Å². The molecular weight excluding hydrogens is 258 g/mol. The van der Waals surface area contributed by atoms with Crippen molar-refractivity contribution in [2.75, 3.05) is 5.73 Å². The summed E-state index contributed by atoms with van der Waals surface area (Å²) >= 11 is 1.60. The Hall–Kier alpha value is -2.08. The molecule has 0 aliphatic rings. The number of rotatable bonds is 3. The topological polar surface area (TPSA) is 69.6 Å². The fourth-order valence-electron chi connectivity index (χ4n) is 1.84. The fourth-order valence-corrected chi connectivity index (χ4v) is 2.71. The molecular formula is C13H13N5S. The van der Waals surface area contributed by atoms with Crippen LogP contribution in [0.1, 0.15) is 5.56 Å².